The minimum Gasteiger partial charge on any atom is -0.325 e. The SMILES string of the molecule is CCc1cccc(NC(=O)Cn2c(SC(F)F)nc3ccccc32)c1. The molecule has 0 fully saturated rings. The lowest BCUT2D eigenvalue weighted by atomic mass is 10.1. The average molecular weight is 361 g/mol. The Morgan fingerprint density at radius 1 is 1.24 bits per heavy atom. The Bertz CT molecular complexity index is 895. The fourth-order valence-electron chi connectivity index (χ4n) is 2.59. The summed E-state index contributed by atoms with van der Waals surface area (Å²) in [7, 11) is 0. The van der Waals surface area contributed by atoms with Crippen LogP contribution in [0.5, 0.6) is 0 Å². The first kappa shape index (κ1) is 17.4. The summed E-state index contributed by atoms with van der Waals surface area (Å²) in [6.07, 6.45) is 0.866. The molecule has 130 valence electrons. The predicted molar refractivity (Wildman–Crippen MR) is 96.0 cm³/mol. The minimum absolute atomic E-state index is 0.0775. The lowest BCUT2D eigenvalue weighted by Gasteiger charge is -2.10. The zero-order valence-electron chi connectivity index (χ0n) is 13.6. The van der Waals surface area contributed by atoms with E-state index in [1.54, 1.807) is 30.3 Å². The summed E-state index contributed by atoms with van der Waals surface area (Å²) < 4.78 is 27.1. The number of fused-ring (bicyclic) bond motifs is 1. The normalized spacial score (nSPS) is 11.2. The molecule has 3 rings (SSSR count). The van der Waals surface area contributed by atoms with Gasteiger partial charge in [0.1, 0.15) is 6.54 Å². The van der Waals surface area contributed by atoms with Crippen LogP contribution in [-0.4, -0.2) is 21.2 Å². The van der Waals surface area contributed by atoms with Gasteiger partial charge in [-0.05, 0) is 48.0 Å². The van der Waals surface area contributed by atoms with Crippen molar-refractivity contribution in [2.45, 2.75) is 30.8 Å². The van der Waals surface area contributed by atoms with Crippen molar-refractivity contribution in [1.29, 1.82) is 0 Å². The number of benzene rings is 2. The molecular formula is C18H17F2N3OS. The van der Waals surface area contributed by atoms with E-state index in [1.807, 2.05) is 25.1 Å². The molecule has 0 bridgehead atoms. The number of nitrogens with one attached hydrogen (secondary N) is 1. The number of imidazole rings is 1. The van der Waals surface area contributed by atoms with Crippen LogP contribution in [0.4, 0.5) is 14.5 Å². The predicted octanol–water partition coefficient (Wildman–Crippen LogP) is 4.55. The molecule has 0 saturated carbocycles. The van der Waals surface area contributed by atoms with Crippen LogP contribution < -0.4 is 5.32 Å². The molecule has 4 nitrogen and oxygen atoms in total. The number of para-hydroxylation sites is 2. The van der Waals surface area contributed by atoms with Crippen molar-refractivity contribution in [2.75, 3.05) is 5.32 Å². The first-order valence-electron chi connectivity index (χ1n) is 7.85. The molecular weight excluding hydrogens is 344 g/mol. The van der Waals surface area contributed by atoms with E-state index >= 15 is 0 Å². The number of halogens is 2. The van der Waals surface area contributed by atoms with Gasteiger partial charge in [-0.3, -0.25) is 4.79 Å². The van der Waals surface area contributed by atoms with Crippen molar-refractivity contribution in [3.63, 3.8) is 0 Å². The number of aromatic nitrogens is 2. The highest BCUT2D eigenvalue weighted by atomic mass is 32.2. The molecule has 0 radical (unpaired) electrons. The van der Waals surface area contributed by atoms with Crippen LogP contribution in [0, 0.1) is 0 Å². The lowest BCUT2D eigenvalue weighted by molar-refractivity contribution is -0.116. The van der Waals surface area contributed by atoms with Crippen LogP contribution in [0.25, 0.3) is 11.0 Å². The summed E-state index contributed by atoms with van der Waals surface area (Å²) in [6, 6.07) is 14.6. The number of hydrogen-bond donors (Lipinski definition) is 1. The van der Waals surface area contributed by atoms with E-state index in [0.717, 1.165) is 12.0 Å². The zero-order chi connectivity index (χ0) is 17.8. The van der Waals surface area contributed by atoms with Gasteiger partial charge in [-0.2, -0.15) is 8.78 Å². The molecule has 1 aromatic heterocycles. The number of alkyl halides is 2. The van der Waals surface area contributed by atoms with E-state index < -0.39 is 5.76 Å². The smallest absolute Gasteiger partial charge is 0.291 e. The molecule has 2 aromatic carbocycles. The molecule has 0 spiro atoms. The van der Waals surface area contributed by atoms with Crippen molar-refractivity contribution in [1.82, 2.24) is 9.55 Å². The molecule has 0 atom stereocenters. The second-order valence-electron chi connectivity index (χ2n) is 5.45. The first-order valence-corrected chi connectivity index (χ1v) is 8.73. The quantitative estimate of drug-likeness (QED) is 0.655. The number of hydrogen-bond acceptors (Lipinski definition) is 3. The van der Waals surface area contributed by atoms with Crippen LogP contribution >= 0.6 is 11.8 Å². The molecule has 0 aliphatic carbocycles. The fraction of sp³-hybridized carbons (Fsp3) is 0.222. The topological polar surface area (TPSA) is 46.9 Å². The summed E-state index contributed by atoms with van der Waals surface area (Å²) >= 11 is 0.344. The number of nitrogens with zero attached hydrogens (tertiary/aromatic N) is 2. The van der Waals surface area contributed by atoms with Gasteiger partial charge in [0.15, 0.2) is 5.16 Å². The average Bonchev–Trinajstić information content (AvgIpc) is 2.91. The Kier molecular flexibility index (Phi) is 5.33. The largest absolute Gasteiger partial charge is 0.325 e. The Morgan fingerprint density at radius 2 is 2.04 bits per heavy atom. The van der Waals surface area contributed by atoms with Crippen LogP contribution in [-0.2, 0) is 17.8 Å². The Balaban J connectivity index is 1.84. The van der Waals surface area contributed by atoms with Gasteiger partial charge in [-0.25, -0.2) is 4.98 Å². The number of carbonyl (C=O) groups is 1. The highest BCUT2D eigenvalue weighted by Crippen LogP contribution is 2.28. The molecule has 0 saturated heterocycles. The third kappa shape index (κ3) is 4.17. The number of anilines is 1. The van der Waals surface area contributed by atoms with Gasteiger partial charge in [0.05, 0.1) is 11.0 Å². The van der Waals surface area contributed by atoms with Gasteiger partial charge >= 0.3 is 0 Å². The summed E-state index contributed by atoms with van der Waals surface area (Å²) in [5, 5.41) is 2.95. The summed E-state index contributed by atoms with van der Waals surface area (Å²) in [6.45, 7) is 1.96. The van der Waals surface area contributed by atoms with Crippen molar-refractivity contribution < 1.29 is 13.6 Å². The Morgan fingerprint density at radius 3 is 2.80 bits per heavy atom. The van der Waals surface area contributed by atoms with Crippen LogP contribution in [0.2, 0.25) is 0 Å². The summed E-state index contributed by atoms with van der Waals surface area (Å²) in [5.41, 5.74) is 3.05. The molecule has 1 amide bonds. The fourth-order valence-corrected chi connectivity index (χ4v) is 3.19. The van der Waals surface area contributed by atoms with Crippen molar-refractivity contribution in [3.8, 4) is 0 Å². The second-order valence-corrected chi connectivity index (χ2v) is 6.41. The standard InChI is InChI=1S/C18H17F2N3OS/c1-2-12-6-5-7-13(10-12)21-16(24)11-23-15-9-4-3-8-14(15)22-18(23)25-17(19)20/h3-10,17H,2,11H2,1H3,(H,21,24). The van der Waals surface area contributed by atoms with Crippen LogP contribution in [0.3, 0.4) is 0 Å². The van der Waals surface area contributed by atoms with Crippen LogP contribution in [0.15, 0.2) is 53.7 Å². The highest BCUT2D eigenvalue weighted by Gasteiger charge is 2.17. The molecule has 1 heterocycles. The zero-order valence-corrected chi connectivity index (χ0v) is 14.4. The van der Waals surface area contributed by atoms with E-state index in [2.05, 4.69) is 10.3 Å². The highest BCUT2D eigenvalue weighted by molar-refractivity contribution is 7.99. The van der Waals surface area contributed by atoms with Gasteiger partial charge in [0.25, 0.3) is 5.76 Å². The van der Waals surface area contributed by atoms with Gasteiger partial charge in [0.2, 0.25) is 5.91 Å². The van der Waals surface area contributed by atoms with E-state index in [9.17, 15) is 13.6 Å². The first-order chi connectivity index (χ1) is 12.1. The van der Waals surface area contributed by atoms with E-state index in [0.29, 0.717) is 28.5 Å². The van der Waals surface area contributed by atoms with Crippen LogP contribution in [0.1, 0.15) is 12.5 Å². The number of aryl methyl sites for hydroxylation is 1. The second kappa shape index (κ2) is 7.65. The van der Waals surface area contributed by atoms with Crippen molar-refractivity contribution in [3.05, 3.63) is 54.1 Å². The molecule has 0 aliphatic rings. The van der Waals surface area contributed by atoms with Crippen molar-refractivity contribution in [2.24, 2.45) is 0 Å². The molecule has 1 N–H and O–H groups in total. The number of carbonyl (C=O) groups excluding carboxylic acids is 1. The Labute approximate surface area is 148 Å². The van der Waals surface area contributed by atoms with Crippen molar-refractivity contribution >= 4 is 34.4 Å². The van der Waals surface area contributed by atoms with Gasteiger partial charge < -0.3 is 9.88 Å². The molecule has 3 aromatic rings. The molecule has 7 heteroatoms. The van der Waals surface area contributed by atoms with E-state index in [1.165, 1.54) is 4.57 Å². The summed E-state index contributed by atoms with van der Waals surface area (Å²) in [4.78, 5) is 16.6. The summed E-state index contributed by atoms with van der Waals surface area (Å²) in [5.74, 6) is -2.88. The number of rotatable bonds is 6. The molecule has 25 heavy (non-hydrogen) atoms. The maximum absolute atomic E-state index is 12.8. The monoisotopic (exact) mass is 361 g/mol. The molecule has 0 aliphatic heterocycles. The third-order valence-corrected chi connectivity index (χ3v) is 4.44. The Hall–Kier alpha value is -2.41. The number of thioether (sulfide) groups is 1. The van der Waals surface area contributed by atoms with Gasteiger partial charge in [0, 0.05) is 5.69 Å². The minimum atomic E-state index is -2.60. The van der Waals surface area contributed by atoms with E-state index in [-0.39, 0.29) is 17.6 Å². The lowest BCUT2D eigenvalue weighted by Crippen LogP contribution is -2.19. The number of amides is 1. The third-order valence-electron chi connectivity index (χ3n) is 3.73. The maximum atomic E-state index is 12.8. The van der Waals surface area contributed by atoms with Gasteiger partial charge in [-0.15, -0.1) is 0 Å². The van der Waals surface area contributed by atoms with E-state index in [4.69, 9.17) is 0 Å². The molecule has 0 unspecified atom stereocenters. The van der Waals surface area contributed by atoms with Gasteiger partial charge in [-0.1, -0.05) is 31.2 Å². The maximum Gasteiger partial charge on any atom is 0.291 e.